The molecule has 0 aromatic heterocycles. The lowest BCUT2D eigenvalue weighted by atomic mass is 9.99. The number of hydrogen-bond donors (Lipinski definition) is 14. The van der Waals surface area contributed by atoms with Crippen molar-refractivity contribution in [3.8, 4) is 0 Å². The van der Waals surface area contributed by atoms with Crippen molar-refractivity contribution >= 4 is 59.1 Å². The SMILES string of the molecule is CC(=O)N[C@@H](CC(C)C)C(=O)N[C@@H](CC(C)C)C(=O)N[C@@H](CO)C(=O)N[C@@H](CC(C)C)C(=O)N[C@@H](CCCN=C(N)N)C(=O)N[C@H](C(=O)N[C@@H](CCCCN)C(=O)NCc1ccc(C(=N)N)cc1)C(C)C. The van der Waals surface area contributed by atoms with E-state index in [9.17, 15) is 43.5 Å². The van der Waals surface area contributed by atoms with Crippen LogP contribution in [0.15, 0.2) is 29.3 Å². The molecule has 71 heavy (non-hydrogen) atoms. The number of nitrogens with one attached hydrogen (secondary N) is 9. The normalized spacial score (nSPS) is 14.2. The van der Waals surface area contributed by atoms with E-state index in [1.165, 1.54) is 6.92 Å². The van der Waals surface area contributed by atoms with Gasteiger partial charge in [0.1, 0.15) is 48.1 Å². The first-order chi connectivity index (χ1) is 33.3. The lowest BCUT2D eigenvalue weighted by Gasteiger charge is -2.29. The molecule has 18 N–H and O–H groups in total. The first-order valence-corrected chi connectivity index (χ1v) is 24.5. The summed E-state index contributed by atoms with van der Waals surface area (Å²) in [5, 5.41) is 39.4. The van der Waals surface area contributed by atoms with Gasteiger partial charge in [0.15, 0.2) is 5.96 Å². The first-order valence-electron chi connectivity index (χ1n) is 24.5. The average molecular weight is 1000 g/mol. The van der Waals surface area contributed by atoms with Gasteiger partial charge in [-0.15, -0.1) is 0 Å². The quantitative estimate of drug-likeness (QED) is 0.0228. The molecule has 0 spiro atoms. The number of aliphatic hydroxyl groups is 1. The number of rotatable bonds is 33. The molecule has 0 saturated carbocycles. The van der Waals surface area contributed by atoms with Crippen LogP contribution in [-0.2, 0) is 44.9 Å². The molecular formula is C48H84N14O9. The zero-order chi connectivity index (χ0) is 54.0. The van der Waals surface area contributed by atoms with Crippen LogP contribution >= 0.6 is 0 Å². The van der Waals surface area contributed by atoms with E-state index in [-0.39, 0.29) is 74.7 Å². The van der Waals surface area contributed by atoms with Gasteiger partial charge < -0.3 is 70.6 Å². The molecule has 23 heteroatoms. The summed E-state index contributed by atoms with van der Waals surface area (Å²) < 4.78 is 0. The van der Waals surface area contributed by atoms with Gasteiger partial charge in [-0.05, 0) is 87.1 Å². The summed E-state index contributed by atoms with van der Waals surface area (Å²) in [6, 6.07) is -1.65. The van der Waals surface area contributed by atoms with Crippen LogP contribution in [-0.4, -0.2) is 126 Å². The van der Waals surface area contributed by atoms with Crippen molar-refractivity contribution in [2.24, 2.45) is 51.6 Å². The predicted molar refractivity (Wildman–Crippen MR) is 272 cm³/mol. The fourth-order valence-corrected chi connectivity index (χ4v) is 7.34. The van der Waals surface area contributed by atoms with Gasteiger partial charge in [-0.25, -0.2) is 0 Å². The molecule has 0 bridgehead atoms. The summed E-state index contributed by atoms with van der Waals surface area (Å²) >= 11 is 0. The third kappa shape index (κ3) is 24.9. The summed E-state index contributed by atoms with van der Waals surface area (Å²) in [4.78, 5) is 112. The summed E-state index contributed by atoms with van der Waals surface area (Å²) in [6.07, 6.45) is 2.05. The number of aliphatic imine (C=N–C) groups is 1. The maximum atomic E-state index is 14.2. The Hall–Kier alpha value is -6.36. The van der Waals surface area contributed by atoms with Gasteiger partial charge in [0.2, 0.25) is 47.3 Å². The third-order valence-corrected chi connectivity index (χ3v) is 11.0. The Morgan fingerprint density at radius 2 is 0.986 bits per heavy atom. The minimum atomic E-state index is -1.57. The molecule has 0 saturated heterocycles. The maximum absolute atomic E-state index is 14.2. The van der Waals surface area contributed by atoms with Crippen molar-refractivity contribution in [2.45, 2.75) is 163 Å². The van der Waals surface area contributed by atoms with E-state index < -0.39 is 102 Å². The molecule has 0 aliphatic carbocycles. The summed E-state index contributed by atoms with van der Waals surface area (Å²) in [6.45, 7) is 15.4. The number of aliphatic hydroxyl groups excluding tert-OH is 1. The van der Waals surface area contributed by atoms with Crippen molar-refractivity contribution < 1.29 is 43.5 Å². The fourth-order valence-electron chi connectivity index (χ4n) is 7.34. The molecule has 1 aromatic rings. The van der Waals surface area contributed by atoms with Crippen LogP contribution in [0.3, 0.4) is 0 Å². The Morgan fingerprint density at radius 1 is 0.563 bits per heavy atom. The fraction of sp³-hybridized carbons (Fsp3) is 0.667. The number of unbranched alkanes of at least 4 members (excludes halogenated alkanes) is 1. The maximum Gasteiger partial charge on any atom is 0.245 e. The number of nitrogen functional groups attached to an aromatic ring is 1. The second kappa shape index (κ2) is 32.5. The van der Waals surface area contributed by atoms with Crippen LogP contribution < -0.4 is 65.5 Å². The van der Waals surface area contributed by atoms with Crippen LogP contribution in [0.2, 0.25) is 0 Å². The lowest BCUT2D eigenvalue weighted by molar-refractivity contribution is -0.136. The average Bonchev–Trinajstić information content (AvgIpc) is 3.28. The van der Waals surface area contributed by atoms with Gasteiger partial charge in [0.05, 0.1) is 6.61 Å². The lowest BCUT2D eigenvalue weighted by Crippen LogP contribution is -2.61. The van der Waals surface area contributed by atoms with Crippen molar-refractivity contribution in [3.63, 3.8) is 0 Å². The van der Waals surface area contributed by atoms with Crippen LogP contribution in [0, 0.1) is 29.1 Å². The van der Waals surface area contributed by atoms with Gasteiger partial charge in [-0.1, -0.05) is 79.7 Å². The number of nitrogens with two attached hydrogens (primary N) is 4. The van der Waals surface area contributed by atoms with E-state index in [2.05, 4.69) is 47.5 Å². The zero-order valence-electron chi connectivity index (χ0n) is 43.1. The molecule has 0 radical (unpaired) electrons. The van der Waals surface area contributed by atoms with E-state index in [4.69, 9.17) is 28.3 Å². The Labute approximate surface area is 418 Å². The van der Waals surface area contributed by atoms with E-state index in [0.29, 0.717) is 31.4 Å². The zero-order valence-corrected chi connectivity index (χ0v) is 43.1. The van der Waals surface area contributed by atoms with E-state index in [1.807, 2.05) is 27.7 Å². The van der Waals surface area contributed by atoms with Crippen molar-refractivity contribution in [1.82, 2.24) is 42.5 Å². The van der Waals surface area contributed by atoms with Crippen molar-refractivity contribution in [3.05, 3.63) is 35.4 Å². The number of carbonyl (C=O) groups excluding carboxylic acids is 8. The smallest absolute Gasteiger partial charge is 0.245 e. The number of hydrogen-bond acceptors (Lipinski definition) is 12. The molecule has 8 amide bonds. The topological polar surface area (TPSA) is 393 Å². The summed E-state index contributed by atoms with van der Waals surface area (Å²) in [5.41, 5.74) is 23.6. The van der Waals surface area contributed by atoms with Crippen LogP contribution in [0.25, 0.3) is 0 Å². The highest BCUT2D eigenvalue weighted by atomic mass is 16.3. The molecule has 1 aromatic carbocycles. The molecule has 0 heterocycles. The van der Waals surface area contributed by atoms with Gasteiger partial charge in [-0.3, -0.25) is 48.8 Å². The molecule has 0 fully saturated rings. The van der Waals surface area contributed by atoms with Crippen LogP contribution in [0.1, 0.15) is 125 Å². The number of benzene rings is 1. The number of amidine groups is 1. The molecule has 1 rings (SSSR count). The largest absolute Gasteiger partial charge is 0.394 e. The van der Waals surface area contributed by atoms with E-state index in [0.717, 1.165) is 5.56 Å². The number of guanidine groups is 1. The van der Waals surface area contributed by atoms with E-state index >= 15 is 0 Å². The molecule has 0 aliphatic rings. The summed E-state index contributed by atoms with van der Waals surface area (Å²) in [5.74, 6) is -6.44. The second-order valence-corrected chi connectivity index (χ2v) is 19.4. The second-order valence-electron chi connectivity index (χ2n) is 19.4. The van der Waals surface area contributed by atoms with Crippen molar-refractivity contribution in [2.75, 3.05) is 19.7 Å². The Kier molecular flexibility index (Phi) is 28.7. The predicted octanol–water partition coefficient (Wildman–Crippen LogP) is -1.03. The van der Waals surface area contributed by atoms with E-state index in [1.54, 1.807) is 52.0 Å². The van der Waals surface area contributed by atoms with Gasteiger partial charge in [-0.2, -0.15) is 0 Å². The highest BCUT2D eigenvalue weighted by Gasteiger charge is 2.35. The van der Waals surface area contributed by atoms with Gasteiger partial charge in [0, 0.05) is 25.6 Å². The summed E-state index contributed by atoms with van der Waals surface area (Å²) in [7, 11) is 0. The number of nitrogens with zero attached hydrogens (tertiary/aromatic N) is 1. The molecule has 0 unspecified atom stereocenters. The molecule has 23 nitrogen and oxygen atoms in total. The first kappa shape index (κ1) is 62.7. The minimum Gasteiger partial charge on any atom is -0.394 e. The van der Waals surface area contributed by atoms with Gasteiger partial charge >= 0.3 is 0 Å². The highest BCUT2D eigenvalue weighted by Crippen LogP contribution is 2.13. The third-order valence-electron chi connectivity index (χ3n) is 11.0. The van der Waals surface area contributed by atoms with Crippen LogP contribution in [0.5, 0.6) is 0 Å². The molecule has 0 aliphatic heterocycles. The Balaban J connectivity index is 3.37. The molecule has 7 atom stereocenters. The minimum absolute atomic E-state index is 0.0150. The molecule has 400 valence electrons. The Bertz CT molecular complexity index is 1940. The van der Waals surface area contributed by atoms with Crippen molar-refractivity contribution in [1.29, 1.82) is 5.41 Å². The highest BCUT2D eigenvalue weighted by molar-refractivity contribution is 5.98. The van der Waals surface area contributed by atoms with Crippen LogP contribution in [0.4, 0.5) is 0 Å². The Morgan fingerprint density at radius 3 is 1.42 bits per heavy atom. The number of carbonyl (C=O) groups is 8. The number of amides is 8. The van der Waals surface area contributed by atoms with Gasteiger partial charge in [0.25, 0.3) is 0 Å². The standard InChI is InChI=1S/C48H84N14O9/c1-26(2)21-35(56-30(9)64)43(67)59-37(23-28(5)6)45(69)61-38(25-63)46(70)60-36(22-27(3)4)44(68)57-34(14-12-20-54-48(52)53)42(66)62-39(29(7)8)47(71)58-33(13-10-11-19-49)41(65)55-24-31-15-17-32(18-16-31)40(50)51/h15-18,26-29,33-39,63H,10-14,19-25,49H2,1-9H3,(H3,50,51)(H,55,65)(H,56,64)(H,57,68)(H,58,71)(H,59,67)(H,60,70)(H,61,69)(H,62,66)(H4,52,53,54)/t33-,34-,35-,36-,37-,38-,39-/m0/s1. The molecular weight excluding hydrogens is 917 g/mol. The monoisotopic (exact) mass is 1000 g/mol.